The molecule has 3 N–H and O–H groups in total. The molecule has 0 atom stereocenters. The molecule has 0 unspecified atom stereocenters. The minimum Gasteiger partial charge on any atom is -0.332 e. The van der Waals surface area contributed by atoms with Crippen LogP contribution < -0.4 is 15.6 Å². The molecule has 7 heteroatoms. The van der Waals surface area contributed by atoms with Crippen molar-refractivity contribution < 1.29 is 8.42 Å². The summed E-state index contributed by atoms with van der Waals surface area (Å²) in [5.41, 5.74) is 3.22. The molecule has 0 heterocycles. The summed E-state index contributed by atoms with van der Waals surface area (Å²) in [5, 5.41) is 3.02. The molecule has 0 bridgehead atoms. The van der Waals surface area contributed by atoms with Gasteiger partial charge in [0.15, 0.2) is 5.11 Å². The molecule has 0 aliphatic rings. The third-order valence-electron chi connectivity index (χ3n) is 2.38. The second-order valence-electron chi connectivity index (χ2n) is 3.86. The molecule has 0 fully saturated rings. The molecule has 0 spiro atoms. The van der Waals surface area contributed by atoms with Crippen molar-refractivity contribution in [2.45, 2.75) is 4.90 Å². The molecule has 0 aliphatic heterocycles. The summed E-state index contributed by atoms with van der Waals surface area (Å²) in [6.07, 6.45) is 0. The third-order valence-corrected chi connectivity index (χ3v) is 3.85. The highest BCUT2D eigenvalue weighted by Gasteiger charge is 2.12. The molecule has 104 valence electrons. The predicted octanol–water partition coefficient (Wildman–Crippen LogP) is 1.87. The highest BCUT2D eigenvalue weighted by Crippen LogP contribution is 2.06. The van der Waals surface area contributed by atoms with Gasteiger partial charge in [-0.15, -0.1) is 4.83 Å². The predicted molar refractivity (Wildman–Crippen MR) is 82.6 cm³/mol. The van der Waals surface area contributed by atoms with E-state index in [0.717, 1.165) is 5.69 Å². The highest BCUT2D eigenvalue weighted by molar-refractivity contribution is 7.89. The molecule has 0 amide bonds. The van der Waals surface area contributed by atoms with E-state index in [1.807, 2.05) is 30.3 Å². The number of rotatable bonds is 4. The van der Waals surface area contributed by atoms with E-state index in [1.165, 1.54) is 12.1 Å². The van der Waals surface area contributed by atoms with Gasteiger partial charge in [-0.25, -0.2) is 8.42 Å². The van der Waals surface area contributed by atoms with Gasteiger partial charge in [0.25, 0.3) is 10.0 Å². The number of anilines is 1. The Bertz CT molecular complexity index is 673. The van der Waals surface area contributed by atoms with E-state index in [9.17, 15) is 8.42 Å². The molecule has 0 radical (unpaired) electrons. The normalized spacial score (nSPS) is 10.8. The van der Waals surface area contributed by atoms with Crippen LogP contribution in [-0.4, -0.2) is 13.5 Å². The fourth-order valence-corrected chi connectivity index (χ4v) is 2.56. The summed E-state index contributed by atoms with van der Waals surface area (Å²) in [6, 6.07) is 17.2. The van der Waals surface area contributed by atoms with E-state index >= 15 is 0 Å². The van der Waals surface area contributed by atoms with Gasteiger partial charge in [0.05, 0.1) is 4.90 Å². The lowest BCUT2D eigenvalue weighted by atomic mass is 10.3. The van der Waals surface area contributed by atoms with Crippen LogP contribution in [0.25, 0.3) is 0 Å². The van der Waals surface area contributed by atoms with Gasteiger partial charge in [0, 0.05) is 5.69 Å². The number of hydrogen-bond acceptors (Lipinski definition) is 3. The summed E-state index contributed by atoms with van der Waals surface area (Å²) in [5.74, 6) is 0. The molecule has 0 saturated carbocycles. The van der Waals surface area contributed by atoms with E-state index in [4.69, 9.17) is 12.2 Å². The minimum absolute atomic E-state index is 0.162. The monoisotopic (exact) mass is 307 g/mol. The van der Waals surface area contributed by atoms with Gasteiger partial charge in [-0.1, -0.05) is 36.4 Å². The van der Waals surface area contributed by atoms with Gasteiger partial charge in [-0.2, -0.15) is 0 Å². The molecule has 2 aromatic rings. The number of nitrogens with one attached hydrogen (secondary N) is 3. The maximum absolute atomic E-state index is 11.9. The van der Waals surface area contributed by atoms with Crippen LogP contribution in [0.3, 0.4) is 0 Å². The first-order valence-corrected chi connectivity index (χ1v) is 7.66. The van der Waals surface area contributed by atoms with Crippen LogP contribution in [0.4, 0.5) is 5.69 Å². The first-order valence-electron chi connectivity index (χ1n) is 5.77. The lowest BCUT2D eigenvalue weighted by Gasteiger charge is -2.11. The zero-order valence-corrected chi connectivity index (χ0v) is 12.0. The first-order chi connectivity index (χ1) is 9.58. The Morgan fingerprint density at radius 2 is 1.45 bits per heavy atom. The van der Waals surface area contributed by atoms with Crippen LogP contribution in [0.15, 0.2) is 65.6 Å². The minimum atomic E-state index is -3.64. The Morgan fingerprint density at radius 3 is 2.05 bits per heavy atom. The standard InChI is InChI=1S/C13H13N3O2S2/c17-20(18,12-9-5-2-6-10-12)16-15-13(19)14-11-7-3-1-4-8-11/h1-10,16H,(H2,14,15,19). The fourth-order valence-electron chi connectivity index (χ4n) is 1.46. The van der Waals surface area contributed by atoms with E-state index in [2.05, 4.69) is 15.6 Å². The number of thiocarbonyl (C=S) groups is 1. The van der Waals surface area contributed by atoms with Crippen molar-refractivity contribution >= 4 is 33.0 Å². The van der Waals surface area contributed by atoms with Gasteiger partial charge in [-0.3, -0.25) is 5.43 Å². The summed E-state index contributed by atoms with van der Waals surface area (Å²) in [4.78, 5) is 2.38. The number of benzene rings is 2. The van der Waals surface area contributed by atoms with Gasteiger partial charge in [-0.05, 0) is 36.5 Å². The maximum atomic E-state index is 11.9. The molecule has 2 aromatic carbocycles. The number of sulfonamides is 1. The lowest BCUT2D eigenvalue weighted by Crippen LogP contribution is -2.43. The molecule has 0 aromatic heterocycles. The van der Waals surface area contributed by atoms with Gasteiger partial charge in [0.1, 0.15) is 0 Å². The van der Waals surface area contributed by atoms with E-state index in [-0.39, 0.29) is 10.0 Å². The lowest BCUT2D eigenvalue weighted by molar-refractivity contribution is 0.578. The second-order valence-corrected chi connectivity index (χ2v) is 5.95. The van der Waals surface area contributed by atoms with Gasteiger partial charge >= 0.3 is 0 Å². The summed E-state index contributed by atoms with van der Waals surface area (Å²) in [6.45, 7) is 0. The summed E-state index contributed by atoms with van der Waals surface area (Å²) < 4.78 is 23.9. The van der Waals surface area contributed by atoms with Crippen molar-refractivity contribution in [1.82, 2.24) is 10.3 Å². The number of para-hydroxylation sites is 1. The average Bonchev–Trinajstić information content (AvgIpc) is 2.47. The quantitative estimate of drug-likeness (QED) is 0.594. The zero-order valence-electron chi connectivity index (χ0n) is 10.4. The SMILES string of the molecule is O=S(=O)(NNC(=S)Nc1ccccc1)c1ccccc1. The van der Waals surface area contributed by atoms with E-state index in [1.54, 1.807) is 18.2 Å². The molecule has 2 rings (SSSR count). The zero-order chi connectivity index (χ0) is 14.4. The topological polar surface area (TPSA) is 70.2 Å². The summed E-state index contributed by atoms with van der Waals surface area (Å²) >= 11 is 5.00. The van der Waals surface area contributed by atoms with Crippen LogP contribution in [0.5, 0.6) is 0 Å². The largest absolute Gasteiger partial charge is 0.332 e. The molecule has 20 heavy (non-hydrogen) atoms. The van der Waals surface area contributed by atoms with Crippen LogP contribution in [0.2, 0.25) is 0 Å². The molecular formula is C13H13N3O2S2. The van der Waals surface area contributed by atoms with Crippen molar-refractivity contribution in [2.24, 2.45) is 0 Å². The Hall–Kier alpha value is -1.96. The maximum Gasteiger partial charge on any atom is 0.257 e. The van der Waals surface area contributed by atoms with E-state index < -0.39 is 10.0 Å². The second kappa shape index (κ2) is 6.47. The number of hydrazine groups is 1. The molecular weight excluding hydrogens is 294 g/mol. The van der Waals surface area contributed by atoms with Crippen LogP contribution in [0.1, 0.15) is 0 Å². The van der Waals surface area contributed by atoms with Gasteiger partial charge < -0.3 is 5.32 Å². The van der Waals surface area contributed by atoms with Crippen LogP contribution in [0, 0.1) is 0 Å². The van der Waals surface area contributed by atoms with E-state index in [0.29, 0.717) is 0 Å². The smallest absolute Gasteiger partial charge is 0.257 e. The third kappa shape index (κ3) is 4.02. The fraction of sp³-hybridized carbons (Fsp3) is 0. The molecule has 0 aliphatic carbocycles. The highest BCUT2D eigenvalue weighted by atomic mass is 32.2. The van der Waals surface area contributed by atoms with Crippen LogP contribution >= 0.6 is 12.2 Å². The number of hydrogen-bond donors (Lipinski definition) is 3. The van der Waals surface area contributed by atoms with Crippen molar-refractivity contribution in [1.29, 1.82) is 0 Å². The van der Waals surface area contributed by atoms with Gasteiger partial charge in [0.2, 0.25) is 0 Å². The van der Waals surface area contributed by atoms with Crippen LogP contribution in [-0.2, 0) is 10.0 Å². The van der Waals surface area contributed by atoms with Crippen molar-refractivity contribution in [2.75, 3.05) is 5.32 Å². The Labute approximate surface area is 123 Å². The molecule has 0 saturated heterocycles. The summed E-state index contributed by atoms with van der Waals surface area (Å²) in [7, 11) is -3.64. The Kier molecular flexibility index (Phi) is 4.67. The average molecular weight is 307 g/mol. The molecule has 5 nitrogen and oxygen atoms in total. The van der Waals surface area contributed by atoms with Crippen molar-refractivity contribution in [3.63, 3.8) is 0 Å². The van der Waals surface area contributed by atoms with Crippen molar-refractivity contribution in [3.05, 3.63) is 60.7 Å². The first kappa shape index (κ1) is 14.4. The Balaban J connectivity index is 1.94. The van der Waals surface area contributed by atoms with Crippen molar-refractivity contribution in [3.8, 4) is 0 Å². The Morgan fingerprint density at radius 1 is 0.900 bits per heavy atom.